The van der Waals surface area contributed by atoms with Gasteiger partial charge in [-0.2, -0.15) is 0 Å². The van der Waals surface area contributed by atoms with Crippen LogP contribution in [0.15, 0.2) is 36.4 Å². The van der Waals surface area contributed by atoms with Gasteiger partial charge in [0.05, 0.1) is 26.4 Å². The molecule has 0 bridgehead atoms. The number of rotatable bonds is 20. The van der Waals surface area contributed by atoms with Gasteiger partial charge in [-0.05, 0) is 42.9 Å². The van der Waals surface area contributed by atoms with Crippen LogP contribution in [0.25, 0.3) is 0 Å². The standard InChI is InChI=1S/C30H44N6O8/c1-4-6-21-8-10-22(11-9-21)33-28(40)23(7-5-14-32-30(31)42)34-29(41)27(20(2)3)35-24(37)19-44-18-17-43-16-15-36-25(38)12-13-26(36)39/h8-13,20,23,27H,4-7,14-19H2,1-3H3,(H,33,40)(H,34,41)(H,35,37)(H3,31,32,42)/t23-,27-/m0/s1. The molecule has 0 aromatic heterocycles. The van der Waals surface area contributed by atoms with Crippen LogP contribution in [0.1, 0.15) is 45.6 Å². The number of imide groups is 1. The molecular formula is C30H44N6O8. The number of primary amides is 1. The summed E-state index contributed by atoms with van der Waals surface area (Å²) >= 11 is 0. The molecule has 0 saturated carbocycles. The van der Waals surface area contributed by atoms with Crippen molar-refractivity contribution in [1.29, 1.82) is 0 Å². The summed E-state index contributed by atoms with van der Waals surface area (Å²) in [6, 6.07) is 4.87. The van der Waals surface area contributed by atoms with Crippen LogP contribution in [0.4, 0.5) is 10.5 Å². The van der Waals surface area contributed by atoms with Crippen molar-refractivity contribution in [2.75, 3.05) is 44.8 Å². The van der Waals surface area contributed by atoms with Gasteiger partial charge in [-0.15, -0.1) is 0 Å². The fraction of sp³-hybridized carbons (Fsp3) is 0.533. The molecule has 1 aliphatic rings. The van der Waals surface area contributed by atoms with Crippen molar-refractivity contribution < 1.29 is 38.2 Å². The van der Waals surface area contributed by atoms with Crippen LogP contribution in [0.2, 0.25) is 0 Å². The summed E-state index contributed by atoms with van der Waals surface area (Å²) in [5.41, 5.74) is 6.84. The molecule has 44 heavy (non-hydrogen) atoms. The molecule has 0 unspecified atom stereocenters. The Labute approximate surface area is 257 Å². The monoisotopic (exact) mass is 616 g/mol. The lowest BCUT2D eigenvalue weighted by Gasteiger charge is -2.25. The fourth-order valence-corrected chi connectivity index (χ4v) is 4.26. The molecule has 1 aromatic carbocycles. The first kappa shape index (κ1) is 35.9. The minimum absolute atomic E-state index is 0.0765. The highest BCUT2D eigenvalue weighted by Crippen LogP contribution is 2.13. The third kappa shape index (κ3) is 12.9. The topological polar surface area (TPSA) is 198 Å². The summed E-state index contributed by atoms with van der Waals surface area (Å²) in [6.07, 6.45) is 4.89. The van der Waals surface area contributed by atoms with E-state index in [0.29, 0.717) is 12.1 Å². The van der Waals surface area contributed by atoms with Gasteiger partial charge in [0.2, 0.25) is 17.7 Å². The first-order chi connectivity index (χ1) is 21.0. The van der Waals surface area contributed by atoms with Crippen molar-refractivity contribution in [2.24, 2.45) is 11.7 Å². The number of amides is 7. The second-order valence-corrected chi connectivity index (χ2v) is 10.5. The number of nitrogens with two attached hydrogens (primary N) is 1. The van der Waals surface area contributed by atoms with Crippen LogP contribution in [0.5, 0.6) is 0 Å². The van der Waals surface area contributed by atoms with E-state index < -0.39 is 35.8 Å². The van der Waals surface area contributed by atoms with Crippen LogP contribution < -0.4 is 27.0 Å². The highest BCUT2D eigenvalue weighted by atomic mass is 16.5. The molecule has 2 rings (SSSR count). The van der Waals surface area contributed by atoms with Crippen LogP contribution in [0, 0.1) is 5.92 Å². The van der Waals surface area contributed by atoms with E-state index >= 15 is 0 Å². The molecule has 242 valence electrons. The Morgan fingerprint density at radius 1 is 0.909 bits per heavy atom. The summed E-state index contributed by atoms with van der Waals surface area (Å²) in [6.45, 7) is 5.94. The van der Waals surface area contributed by atoms with Gasteiger partial charge in [0, 0.05) is 24.4 Å². The van der Waals surface area contributed by atoms with E-state index in [1.54, 1.807) is 26.0 Å². The highest BCUT2D eigenvalue weighted by molar-refractivity contribution is 6.12. The molecule has 1 heterocycles. The van der Waals surface area contributed by atoms with E-state index in [4.69, 9.17) is 15.2 Å². The molecule has 1 aromatic rings. The van der Waals surface area contributed by atoms with Crippen molar-refractivity contribution in [3.63, 3.8) is 0 Å². The second-order valence-electron chi connectivity index (χ2n) is 10.5. The largest absolute Gasteiger partial charge is 0.377 e. The maximum Gasteiger partial charge on any atom is 0.312 e. The van der Waals surface area contributed by atoms with Gasteiger partial charge in [-0.1, -0.05) is 39.3 Å². The molecule has 0 saturated heterocycles. The van der Waals surface area contributed by atoms with Crippen molar-refractivity contribution in [3.05, 3.63) is 42.0 Å². The third-order valence-corrected chi connectivity index (χ3v) is 6.59. The molecule has 0 fully saturated rings. The summed E-state index contributed by atoms with van der Waals surface area (Å²) in [5, 5.41) is 10.7. The number of hydrogen-bond donors (Lipinski definition) is 5. The van der Waals surface area contributed by atoms with Gasteiger partial charge in [-0.25, -0.2) is 4.79 Å². The molecule has 14 heteroatoms. The molecule has 14 nitrogen and oxygen atoms in total. The SMILES string of the molecule is CCCc1ccc(NC(=O)[C@H](CCCNC(N)=O)NC(=O)[C@@H](NC(=O)COCCOCCN2C(=O)C=CC2=O)C(C)C)cc1. The number of anilines is 1. The predicted octanol–water partition coefficient (Wildman–Crippen LogP) is 0.610. The van der Waals surface area contributed by atoms with E-state index in [0.717, 1.165) is 23.3 Å². The highest BCUT2D eigenvalue weighted by Gasteiger charge is 2.29. The molecule has 1 aliphatic heterocycles. The lowest BCUT2D eigenvalue weighted by atomic mass is 10.0. The number of carbonyl (C=O) groups excluding carboxylic acids is 6. The number of benzene rings is 1. The van der Waals surface area contributed by atoms with Crippen molar-refractivity contribution in [2.45, 2.75) is 58.5 Å². The molecule has 0 spiro atoms. The minimum Gasteiger partial charge on any atom is -0.377 e. The van der Waals surface area contributed by atoms with Gasteiger partial charge < -0.3 is 36.5 Å². The van der Waals surface area contributed by atoms with Crippen LogP contribution >= 0.6 is 0 Å². The Morgan fingerprint density at radius 2 is 1.57 bits per heavy atom. The number of aryl methyl sites for hydroxylation is 1. The number of ether oxygens (including phenoxy) is 2. The Bertz CT molecular complexity index is 1150. The third-order valence-electron chi connectivity index (χ3n) is 6.59. The predicted molar refractivity (Wildman–Crippen MR) is 162 cm³/mol. The summed E-state index contributed by atoms with van der Waals surface area (Å²) < 4.78 is 10.7. The van der Waals surface area contributed by atoms with Crippen molar-refractivity contribution in [3.8, 4) is 0 Å². The summed E-state index contributed by atoms with van der Waals surface area (Å²) in [5.74, 6) is -2.60. The van der Waals surface area contributed by atoms with Gasteiger partial charge in [0.15, 0.2) is 0 Å². The fourth-order valence-electron chi connectivity index (χ4n) is 4.26. The van der Waals surface area contributed by atoms with Gasteiger partial charge in [0.25, 0.3) is 11.8 Å². The van der Waals surface area contributed by atoms with Crippen LogP contribution in [0.3, 0.4) is 0 Å². The van der Waals surface area contributed by atoms with Crippen molar-refractivity contribution >= 4 is 41.3 Å². The Kier molecular flexibility index (Phi) is 15.6. The second kappa shape index (κ2) is 19.1. The first-order valence-corrected chi connectivity index (χ1v) is 14.7. The van der Waals surface area contributed by atoms with Gasteiger partial charge >= 0.3 is 6.03 Å². The van der Waals surface area contributed by atoms with E-state index in [1.807, 2.05) is 12.1 Å². The normalized spacial score (nSPS) is 14.0. The van der Waals surface area contributed by atoms with Gasteiger partial charge in [0.1, 0.15) is 18.7 Å². The van der Waals surface area contributed by atoms with E-state index in [1.165, 1.54) is 12.2 Å². The Balaban J connectivity index is 1.85. The molecule has 7 amide bonds. The quantitative estimate of drug-likeness (QED) is 0.104. The Hall–Kier alpha value is -4.30. The lowest BCUT2D eigenvalue weighted by molar-refractivity contribution is -0.138. The summed E-state index contributed by atoms with van der Waals surface area (Å²) in [4.78, 5) is 74.0. The first-order valence-electron chi connectivity index (χ1n) is 14.7. The van der Waals surface area contributed by atoms with E-state index in [-0.39, 0.29) is 63.7 Å². The van der Waals surface area contributed by atoms with E-state index in [2.05, 4.69) is 28.2 Å². The average molecular weight is 617 g/mol. The number of nitrogens with zero attached hydrogens (tertiary/aromatic N) is 1. The molecular weight excluding hydrogens is 572 g/mol. The van der Waals surface area contributed by atoms with Crippen LogP contribution in [-0.2, 0) is 39.9 Å². The number of hydrogen-bond acceptors (Lipinski definition) is 8. The van der Waals surface area contributed by atoms with E-state index in [9.17, 15) is 28.8 Å². The zero-order valence-electron chi connectivity index (χ0n) is 25.6. The summed E-state index contributed by atoms with van der Waals surface area (Å²) in [7, 11) is 0. The lowest BCUT2D eigenvalue weighted by Crippen LogP contribution is -2.55. The average Bonchev–Trinajstić information content (AvgIpc) is 3.29. The molecule has 6 N–H and O–H groups in total. The molecule has 0 aliphatic carbocycles. The zero-order valence-corrected chi connectivity index (χ0v) is 25.6. The smallest absolute Gasteiger partial charge is 0.312 e. The maximum absolute atomic E-state index is 13.2. The van der Waals surface area contributed by atoms with Crippen molar-refractivity contribution in [1.82, 2.24) is 20.9 Å². The zero-order chi connectivity index (χ0) is 32.5. The minimum atomic E-state index is -0.945. The molecule has 2 atom stereocenters. The molecule has 0 radical (unpaired) electrons. The number of urea groups is 1. The maximum atomic E-state index is 13.2. The number of nitrogens with one attached hydrogen (secondary N) is 4. The van der Waals surface area contributed by atoms with Crippen LogP contribution in [-0.4, -0.2) is 92.1 Å². The van der Waals surface area contributed by atoms with Gasteiger partial charge in [-0.3, -0.25) is 28.9 Å². The number of carbonyl (C=O) groups is 6. The Morgan fingerprint density at radius 3 is 2.18 bits per heavy atom.